The van der Waals surface area contributed by atoms with Crippen molar-refractivity contribution in [2.45, 2.75) is 39.2 Å². The predicted molar refractivity (Wildman–Crippen MR) is 71.9 cm³/mol. The molecular weight excluding hydrogens is 268 g/mol. The van der Waals surface area contributed by atoms with Gasteiger partial charge in [0.05, 0.1) is 11.8 Å². The number of unbranched alkanes of at least 4 members (excludes halogenated alkanes) is 1. The Kier molecular flexibility index (Phi) is 6.89. The lowest BCUT2D eigenvalue weighted by Crippen LogP contribution is -2.30. The minimum Gasteiger partial charge on any atom is -0.317 e. The summed E-state index contributed by atoms with van der Waals surface area (Å²) in [5.74, 6) is 0.455. The van der Waals surface area contributed by atoms with Gasteiger partial charge < -0.3 is 5.32 Å². The van der Waals surface area contributed by atoms with Crippen molar-refractivity contribution in [1.29, 1.82) is 0 Å². The zero-order valence-electron chi connectivity index (χ0n) is 11.4. The molecule has 8 nitrogen and oxygen atoms in total. The van der Waals surface area contributed by atoms with Crippen LogP contribution in [0.25, 0.3) is 0 Å². The monoisotopic (exact) mass is 290 g/mol. The molecule has 1 aromatic heterocycles. The van der Waals surface area contributed by atoms with E-state index in [1.165, 1.54) is 0 Å². The number of hydrogen-bond donors (Lipinski definition) is 3. The molecule has 0 aromatic carbocycles. The van der Waals surface area contributed by atoms with Crippen LogP contribution < -0.4 is 10.0 Å². The van der Waals surface area contributed by atoms with Crippen LogP contribution in [0.1, 0.15) is 45.0 Å². The van der Waals surface area contributed by atoms with E-state index in [0.717, 1.165) is 25.9 Å². The molecule has 0 aliphatic heterocycles. The highest BCUT2D eigenvalue weighted by molar-refractivity contribution is 7.89. The standard InChI is InChI=1S/C10H22N6O2S/c1-3-6-11-7-4-5-8-19(17,18)14-9(2)10-12-15-16-13-10/h9,11,14H,3-8H2,1-2H3,(H,12,13,15,16). The Morgan fingerprint density at radius 3 is 2.74 bits per heavy atom. The zero-order valence-corrected chi connectivity index (χ0v) is 12.2. The SMILES string of the molecule is CCCNCCCCS(=O)(=O)NC(C)c1nn[nH]n1. The maximum Gasteiger partial charge on any atom is 0.212 e. The molecule has 0 saturated carbocycles. The zero-order chi connectivity index (χ0) is 14.1. The van der Waals surface area contributed by atoms with Crippen LogP contribution in [0, 0.1) is 0 Å². The highest BCUT2D eigenvalue weighted by Gasteiger charge is 2.18. The van der Waals surface area contributed by atoms with Crippen molar-refractivity contribution < 1.29 is 8.42 Å². The van der Waals surface area contributed by atoms with Crippen molar-refractivity contribution in [2.75, 3.05) is 18.8 Å². The van der Waals surface area contributed by atoms with Crippen LogP contribution in [-0.4, -0.2) is 47.9 Å². The number of rotatable bonds is 10. The Morgan fingerprint density at radius 2 is 2.11 bits per heavy atom. The summed E-state index contributed by atoms with van der Waals surface area (Å²) in [7, 11) is -3.30. The maximum atomic E-state index is 11.8. The molecule has 1 atom stereocenters. The highest BCUT2D eigenvalue weighted by Crippen LogP contribution is 2.06. The molecule has 0 aliphatic carbocycles. The first-order valence-corrected chi connectivity index (χ1v) is 8.14. The summed E-state index contributed by atoms with van der Waals surface area (Å²) >= 11 is 0. The molecule has 1 heterocycles. The van der Waals surface area contributed by atoms with Crippen LogP contribution in [0.5, 0.6) is 0 Å². The van der Waals surface area contributed by atoms with Crippen molar-refractivity contribution >= 4 is 10.0 Å². The molecule has 1 unspecified atom stereocenters. The van der Waals surface area contributed by atoms with E-state index in [0.29, 0.717) is 12.2 Å². The van der Waals surface area contributed by atoms with Gasteiger partial charge in [-0.1, -0.05) is 12.1 Å². The smallest absolute Gasteiger partial charge is 0.212 e. The summed E-state index contributed by atoms with van der Waals surface area (Å²) < 4.78 is 26.1. The van der Waals surface area contributed by atoms with E-state index in [-0.39, 0.29) is 5.75 Å². The van der Waals surface area contributed by atoms with Crippen LogP contribution in [0.2, 0.25) is 0 Å². The molecule has 3 N–H and O–H groups in total. The first-order valence-electron chi connectivity index (χ1n) is 6.49. The van der Waals surface area contributed by atoms with E-state index >= 15 is 0 Å². The van der Waals surface area contributed by atoms with Crippen LogP contribution >= 0.6 is 0 Å². The highest BCUT2D eigenvalue weighted by atomic mass is 32.2. The number of nitrogens with zero attached hydrogens (tertiary/aromatic N) is 3. The van der Waals surface area contributed by atoms with Gasteiger partial charge in [-0.3, -0.25) is 0 Å². The van der Waals surface area contributed by atoms with Crippen LogP contribution in [0.3, 0.4) is 0 Å². The van der Waals surface area contributed by atoms with Crippen molar-refractivity contribution in [3.63, 3.8) is 0 Å². The second-order valence-electron chi connectivity index (χ2n) is 4.39. The third-order valence-electron chi connectivity index (χ3n) is 2.55. The molecule has 9 heteroatoms. The molecule has 0 bridgehead atoms. The maximum absolute atomic E-state index is 11.8. The molecule has 19 heavy (non-hydrogen) atoms. The largest absolute Gasteiger partial charge is 0.317 e. The fourth-order valence-electron chi connectivity index (χ4n) is 1.58. The number of tetrazole rings is 1. The van der Waals surface area contributed by atoms with Crippen molar-refractivity contribution in [3.8, 4) is 0 Å². The van der Waals surface area contributed by atoms with Gasteiger partial charge in [-0.05, 0) is 39.3 Å². The average Bonchev–Trinajstić information content (AvgIpc) is 2.87. The number of H-pyrrole nitrogens is 1. The Balaban J connectivity index is 2.24. The predicted octanol–water partition coefficient (Wildman–Crippen LogP) is -0.0401. The van der Waals surface area contributed by atoms with E-state index in [9.17, 15) is 8.42 Å². The second-order valence-corrected chi connectivity index (χ2v) is 6.26. The average molecular weight is 290 g/mol. The van der Waals surface area contributed by atoms with Gasteiger partial charge in [-0.15, -0.1) is 10.2 Å². The van der Waals surface area contributed by atoms with Gasteiger partial charge in [-0.25, -0.2) is 13.1 Å². The van der Waals surface area contributed by atoms with E-state index in [1.807, 2.05) is 0 Å². The summed E-state index contributed by atoms with van der Waals surface area (Å²) in [5.41, 5.74) is 0. The van der Waals surface area contributed by atoms with Gasteiger partial charge in [0.25, 0.3) is 0 Å². The van der Waals surface area contributed by atoms with Crippen LogP contribution in [0.4, 0.5) is 0 Å². The molecule has 0 aliphatic rings. The molecule has 0 amide bonds. The van der Waals surface area contributed by atoms with Crippen LogP contribution in [0.15, 0.2) is 0 Å². The Labute approximate surface area is 113 Å². The minimum atomic E-state index is -3.30. The number of aromatic amines is 1. The van der Waals surface area contributed by atoms with Gasteiger partial charge in [-0.2, -0.15) is 5.21 Å². The second kappa shape index (κ2) is 8.18. The summed E-state index contributed by atoms with van der Waals surface area (Å²) in [5, 5.41) is 16.4. The van der Waals surface area contributed by atoms with E-state index in [4.69, 9.17) is 0 Å². The summed E-state index contributed by atoms with van der Waals surface area (Å²) in [4.78, 5) is 0. The summed E-state index contributed by atoms with van der Waals surface area (Å²) in [6, 6.07) is -0.470. The lowest BCUT2D eigenvalue weighted by atomic mass is 10.3. The van der Waals surface area contributed by atoms with Crippen molar-refractivity contribution in [1.82, 2.24) is 30.7 Å². The topological polar surface area (TPSA) is 113 Å². The van der Waals surface area contributed by atoms with E-state index < -0.39 is 16.1 Å². The van der Waals surface area contributed by atoms with Gasteiger partial charge in [0.1, 0.15) is 0 Å². The third kappa shape index (κ3) is 6.60. The Hall–Kier alpha value is -1.06. The van der Waals surface area contributed by atoms with Crippen molar-refractivity contribution in [2.24, 2.45) is 0 Å². The number of hydrogen-bond acceptors (Lipinski definition) is 6. The summed E-state index contributed by atoms with van der Waals surface area (Å²) in [6.45, 7) is 5.61. The molecule has 0 saturated heterocycles. The van der Waals surface area contributed by atoms with E-state index in [1.54, 1.807) is 6.92 Å². The third-order valence-corrected chi connectivity index (χ3v) is 4.09. The molecule has 1 aromatic rings. The fraction of sp³-hybridized carbons (Fsp3) is 0.900. The molecular formula is C10H22N6O2S. The number of nitrogens with one attached hydrogen (secondary N) is 3. The Bertz CT molecular complexity index is 433. The number of sulfonamides is 1. The molecule has 0 fully saturated rings. The van der Waals surface area contributed by atoms with Gasteiger partial charge in [0.2, 0.25) is 10.0 Å². The van der Waals surface area contributed by atoms with Gasteiger partial charge >= 0.3 is 0 Å². The van der Waals surface area contributed by atoms with Crippen molar-refractivity contribution in [3.05, 3.63) is 5.82 Å². The van der Waals surface area contributed by atoms with Gasteiger partial charge in [0, 0.05) is 0 Å². The fourth-order valence-corrected chi connectivity index (χ4v) is 2.92. The lowest BCUT2D eigenvalue weighted by Gasteiger charge is -2.10. The lowest BCUT2D eigenvalue weighted by molar-refractivity contribution is 0.553. The Morgan fingerprint density at radius 1 is 1.32 bits per heavy atom. The summed E-state index contributed by atoms with van der Waals surface area (Å²) in [6.07, 6.45) is 2.56. The van der Waals surface area contributed by atoms with E-state index in [2.05, 4.69) is 37.6 Å². The molecule has 1 rings (SSSR count). The van der Waals surface area contributed by atoms with Crippen LogP contribution in [-0.2, 0) is 10.0 Å². The normalized spacial score (nSPS) is 13.6. The molecule has 0 spiro atoms. The first-order chi connectivity index (χ1) is 9.05. The first kappa shape index (κ1) is 16.0. The van der Waals surface area contributed by atoms with Gasteiger partial charge in [0.15, 0.2) is 5.82 Å². The minimum absolute atomic E-state index is 0.114. The molecule has 110 valence electrons. The molecule has 0 radical (unpaired) electrons. The number of aromatic nitrogens is 4. The quantitative estimate of drug-likeness (QED) is 0.521.